The van der Waals surface area contributed by atoms with Crippen molar-refractivity contribution >= 4 is 28.3 Å². The Kier molecular flexibility index (Phi) is 5.15. The highest BCUT2D eigenvalue weighted by Crippen LogP contribution is 2.23. The summed E-state index contributed by atoms with van der Waals surface area (Å²) in [6.45, 7) is 1.91. The van der Waals surface area contributed by atoms with E-state index in [9.17, 15) is 9.59 Å². The number of carbonyl (C=O) groups excluding carboxylic acids is 2. The van der Waals surface area contributed by atoms with E-state index in [1.165, 1.54) is 18.3 Å². The van der Waals surface area contributed by atoms with Crippen LogP contribution >= 0.6 is 11.3 Å². The number of rotatable bonds is 5. The highest BCUT2D eigenvalue weighted by molar-refractivity contribution is 7.14. The molecule has 3 aromatic rings. The Labute approximate surface area is 149 Å². The third kappa shape index (κ3) is 4.48. The summed E-state index contributed by atoms with van der Waals surface area (Å²) in [4.78, 5) is 31.9. The number of nitrogens with one attached hydrogen (secondary N) is 2. The van der Waals surface area contributed by atoms with E-state index in [0.29, 0.717) is 17.2 Å². The highest BCUT2D eigenvalue weighted by Gasteiger charge is 2.10. The van der Waals surface area contributed by atoms with Gasteiger partial charge in [0.2, 0.25) is 5.91 Å². The predicted molar refractivity (Wildman–Crippen MR) is 97.3 cm³/mol. The molecule has 0 bridgehead atoms. The standard InChI is InChI=1S/C18H16N4O2S/c1-12(23)20-10-13-5-7-14(8-6-13)17(24)22-18-21-16(11-25-18)15-4-2-3-9-19-15/h2-9,11H,10H2,1H3,(H,20,23)(H,21,22,24). The maximum atomic E-state index is 12.3. The molecule has 0 unspecified atom stereocenters. The first-order valence-corrected chi connectivity index (χ1v) is 8.51. The normalized spacial score (nSPS) is 10.3. The number of aromatic nitrogens is 2. The van der Waals surface area contributed by atoms with Gasteiger partial charge in [0.15, 0.2) is 5.13 Å². The molecule has 0 atom stereocenters. The van der Waals surface area contributed by atoms with Crippen LogP contribution in [0.3, 0.4) is 0 Å². The molecular weight excluding hydrogens is 336 g/mol. The minimum absolute atomic E-state index is 0.0886. The predicted octanol–water partition coefficient (Wildman–Crippen LogP) is 3.09. The third-order valence-electron chi connectivity index (χ3n) is 3.41. The first kappa shape index (κ1) is 16.8. The van der Waals surface area contributed by atoms with Crippen LogP contribution in [0, 0.1) is 0 Å². The van der Waals surface area contributed by atoms with Crippen LogP contribution < -0.4 is 10.6 Å². The SMILES string of the molecule is CC(=O)NCc1ccc(C(=O)Nc2nc(-c3ccccn3)cs2)cc1. The second kappa shape index (κ2) is 7.67. The van der Waals surface area contributed by atoms with E-state index >= 15 is 0 Å². The molecule has 2 N–H and O–H groups in total. The van der Waals surface area contributed by atoms with E-state index in [1.807, 2.05) is 35.7 Å². The van der Waals surface area contributed by atoms with Gasteiger partial charge in [0.25, 0.3) is 5.91 Å². The van der Waals surface area contributed by atoms with Crippen molar-refractivity contribution in [2.75, 3.05) is 5.32 Å². The average Bonchev–Trinajstić information content (AvgIpc) is 3.09. The van der Waals surface area contributed by atoms with Crippen molar-refractivity contribution in [2.24, 2.45) is 0 Å². The van der Waals surface area contributed by atoms with Crippen molar-refractivity contribution in [1.82, 2.24) is 15.3 Å². The van der Waals surface area contributed by atoms with Crippen LogP contribution in [-0.2, 0) is 11.3 Å². The monoisotopic (exact) mass is 352 g/mol. The first-order valence-electron chi connectivity index (χ1n) is 7.63. The molecule has 126 valence electrons. The largest absolute Gasteiger partial charge is 0.352 e. The number of anilines is 1. The molecule has 0 aliphatic heterocycles. The highest BCUT2D eigenvalue weighted by atomic mass is 32.1. The summed E-state index contributed by atoms with van der Waals surface area (Å²) in [5, 5.41) is 7.88. The van der Waals surface area contributed by atoms with E-state index < -0.39 is 0 Å². The fraction of sp³-hybridized carbons (Fsp3) is 0.111. The Bertz CT molecular complexity index is 876. The van der Waals surface area contributed by atoms with E-state index in [2.05, 4.69) is 20.6 Å². The maximum Gasteiger partial charge on any atom is 0.257 e. The molecule has 2 heterocycles. The van der Waals surface area contributed by atoms with Crippen LogP contribution in [0.5, 0.6) is 0 Å². The van der Waals surface area contributed by atoms with Gasteiger partial charge in [-0.15, -0.1) is 11.3 Å². The van der Waals surface area contributed by atoms with Crippen molar-refractivity contribution in [3.8, 4) is 11.4 Å². The Hall–Kier alpha value is -3.06. The van der Waals surface area contributed by atoms with Gasteiger partial charge in [-0.1, -0.05) is 18.2 Å². The minimum atomic E-state index is -0.229. The first-order chi connectivity index (χ1) is 12.1. The van der Waals surface area contributed by atoms with Crippen LogP contribution in [0.15, 0.2) is 54.0 Å². The molecule has 2 amide bonds. The summed E-state index contributed by atoms with van der Waals surface area (Å²) in [6.07, 6.45) is 1.70. The zero-order valence-electron chi connectivity index (χ0n) is 13.5. The fourth-order valence-corrected chi connectivity index (χ4v) is 2.83. The molecule has 0 saturated heterocycles. The number of hydrogen-bond acceptors (Lipinski definition) is 5. The van der Waals surface area contributed by atoms with Gasteiger partial charge in [-0.2, -0.15) is 0 Å². The van der Waals surface area contributed by atoms with E-state index in [4.69, 9.17) is 0 Å². The lowest BCUT2D eigenvalue weighted by Gasteiger charge is -2.05. The fourth-order valence-electron chi connectivity index (χ4n) is 2.13. The van der Waals surface area contributed by atoms with Crippen molar-refractivity contribution in [2.45, 2.75) is 13.5 Å². The van der Waals surface area contributed by atoms with Gasteiger partial charge in [0.05, 0.1) is 5.69 Å². The molecule has 0 fully saturated rings. The van der Waals surface area contributed by atoms with Gasteiger partial charge in [-0.3, -0.25) is 19.9 Å². The molecular formula is C18H16N4O2S. The maximum absolute atomic E-state index is 12.3. The Balaban J connectivity index is 1.64. The molecule has 7 heteroatoms. The number of thiazole rings is 1. The lowest BCUT2D eigenvalue weighted by Crippen LogP contribution is -2.19. The third-order valence-corrected chi connectivity index (χ3v) is 4.17. The van der Waals surface area contributed by atoms with Crippen LogP contribution in [0.2, 0.25) is 0 Å². The summed E-state index contributed by atoms with van der Waals surface area (Å²) in [5.41, 5.74) is 2.95. The molecule has 0 saturated carbocycles. The van der Waals surface area contributed by atoms with Crippen molar-refractivity contribution in [3.05, 3.63) is 65.2 Å². The quantitative estimate of drug-likeness (QED) is 0.739. The summed E-state index contributed by atoms with van der Waals surface area (Å²) in [5.74, 6) is -0.317. The topological polar surface area (TPSA) is 84.0 Å². The molecule has 0 spiro atoms. The molecule has 0 radical (unpaired) electrons. The molecule has 6 nitrogen and oxygen atoms in total. The van der Waals surface area contributed by atoms with Gasteiger partial charge in [-0.05, 0) is 29.8 Å². The van der Waals surface area contributed by atoms with Gasteiger partial charge in [0.1, 0.15) is 5.69 Å². The smallest absolute Gasteiger partial charge is 0.257 e. The van der Waals surface area contributed by atoms with Crippen molar-refractivity contribution in [1.29, 1.82) is 0 Å². The zero-order valence-corrected chi connectivity index (χ0v) is 14.3. The second-order valence-electron chi connectivity index (χ2n) is 5.31. The van der Waals surface area contributed by atoms with Gasteiger partial charge < -0.3 is 5.32 Å². The number of carbonyl (C=O) groups is 2. The van der Waals surface area contributed by atoms with E-state index in [1.54, 1.807) is 18.3 Å². The zero-order chi connectivity index (χ0) is 17.6. The number of amides is 2. The second-order valence-corrected chi connectivity index (χ2v) is 6.17. The van der Waals surface area contributed by atoms with Gasteiger partial charge in [0, 0.05) is 30.6 Å². The summed E-state index contributed by atoms with van der Waals surface area (Å²) < 4.78 is 0. The molecule has 25 heavy (non-hydrogen) atoms. The van der Waals surface area contributed by atoms with Crippen LogP contribution in [0.4, 0.5) is 5.13 Å². The van der Waals surface area contributed by atoms with Crippen molar-refractivity contribution < 1.29 is 9.59 Å². The number of benzene rings is 1. The van der Waals surface area contributed by atoms with Gasteiger partial charge in [-0.25, -0.2) is 4.98 Å². The Morgan fingerprint density at radius 1 is 1.08 bits per heavy atom. The average molecular weight is 352 g/mol. The number of hydrogen-bond donors (Lipinski definition) is 2. The molecule has 1 aromatic carbocycles. The lowest BCUT2D eigenvalue weighted by molar-refractivity contribution is -0.119. The van der Waals surface area contributed by atoms with Crippen LogP contribution in [-0.4, -0.2) is 21.8 Å². The molecule has 2 aromatic heterocycles. The number of pyridine rings is 1. The van der Waals surface area contributed by atoms with Crippen molar-refractivity contribution in [3.63, 3.8) is 0 Å². The van der Waals surface area contributed by atoms with E-state index in [-0.39, 0.29) is 11.8 Å². The summed E-state index contributed by atoms with van der Waals surface area (Å²) in [7, 11) is 0. The van der Waals surface area contributed by atoms with Gasteiger partial charge >= 0.3 is 0 Å². The summed E-state index contributed by atoms with van der Waals surface area (Å²) >= 11 is 1.35. The Morgan fingerprint density at radius 2 is 1.88 bits per heavy atom. The lowest BCUT2D eigenvalue weighted by atomic mass is 10.1. The van der Waals surface area contributed by atoms with Crippen LogP contribution in [0.25, 0.3) is 11.4 Å². The Morgan fingerprint density at radius 3 is 2.56 bits per heavy atom. The minimum Gasteiger partial charge on any atom is -0.352 e. The van der Waals surface area contributed by atoms with E-state index in [0.717, 1.165) is 17.0 Å². The number of nitrogens with zero attached hydrogens (tertiary/aromatic N) is 2. The van der Waals surface area contributed by atoms with Crippen LogP contribution in [0.1, 0.15) is 22.8 Å². The summed E-state index contributed by atoms with van der Waals surface area (Å²) in [6, 6.07) is 12.7. The molecule has 3 rings (SSSR count). The molecule has 0 aliphatic rings. The molecule has 0 aliphatic carbocycles.